The van der Waals surface area contributed by atoms with Crippen LogP contribution in [0.15, 0.2) is 28.0 Å². The highest BCUT2D eigenvalue weighted by Gasteiger charge is 2.33. The van der Waals surface area contributed by atoms with Gasteiger partial charge in [0, 0.05) is 5.56 Å². The summed E-state index contributed by atoms with van der Waals surface area (Å²) in [6.07, 6.45) is 0.0619. The minimum absolute atomic E-state index is 0.0356. The van der Waals surface area contributed by atoms with Crippen molar-refractivity contribution >= 4 is 15.9 Å². The van der Waals surface area contributed by atoms with Crippen LogP contribution in [0.2, 0.25) is 0 Å². The van der Waals surface area contributed by atoms with E-state index in [1.54, 1.807) is 0 Å². The summed E-state index contributed by atoms with van der Waals surface area (Å²) >= 11 is 0. The molecule has 3 nitrogen and oxygen atoms in total. The summed E-state index contributed by atoms with van der Waals surface area (Å²) in [5.41, 5.74) is 0.0356. The summed E-state index contributed by atoms with van der Waals surface area (Å²) < 4.78 is 36.8. The number of fused-ring (bicyclic) bond motifs is 1. The van der Waals surface area contributed by atoms with E-state index in [9.17, 15) is 17.9 Å². The first-order valence-corrected chi connectivity index (χ1v) is 5.86. The van der Waals surface area contributed by atoms with Gasteiger partial charge >= 0.3 is 0 Å². The zero-order chi connectivity index (χ0) is 11.2. The Bertz CT molecular complexity index is 544. The summed E-state index contributed by atoms with van der Waals surface area (Å²) in [6.45, 7) is 1.34. The molecule has 1 heterocycles. The van der Waals surface area contributed by atoms with Crippen LogP contribution in [-0.2, 0) is 9.84 Å². The third kappa shape index (κ3) is 1.39. The Balaban J connectivity index is 2.75. The van der Waals surface area contributed by atoms with Crippen molar-refractivity contribution in [1.82, 2.24) is 0 Å². The fourth-order valence-corrected chi connectivity index (χ4v) is 3.26. The standard InChI is InChI=1S/C10H9FO3S/c1-6(12)10-5-7-8(11)3-2-4-9(7)15(10,13)14/h2-6,12H,1H3. The first-order chi connectivity index (χ1) is 6.94. The van der Waals surface area contributed by atoms with Gasteiger partial charge in [-0.1, -0.05) is 6.07 Å². The van der Waals surface area contributed by atoms with Crippen molar-refractivity contribution < 1.29 is 17.9 Å². The molecule has 0 fully saturated rings. The van der Waals surface area contributed by atoms with Gasteiger partial charge in [0.25, 0.3) is 0 Å². The second kappa shape index (κ2) is 3.15. The van der Waals surface area contributed by atoms with Crippen molar-refractivity contribution in [3.8, 4) is 0 Å². The topological polar surface area (TPSA) is 54.4 Å². The van der Waals surface area contributed by atoms with Crippen molar-refractivity contribution in [2.75, 3.05) is 0 Å². The van der Waals surface area contributed by atoms with E-state index < -0.39 is 21.8 Å². The monoisotopic (exact) mass is 228 g/mol. The van der Waals surface area contributed by atoms with Gasteiger partial charge in [0.1, 0.15) is 5.82 Å². The third-order valence-corrected chi connectivity index (χ3v) is 4.33. The minimum Gasteiger partial charge on any atom is -0.388 e. The first kappa shape index (κ1) is 10.3. The maximum absolute atomic E-state index is 13.3. The van der Waals surface area contributed by atoms with Gasteiger partial charge in [-0.15, -0.1) is 0 Å². The number of halogens is 1. The van der Waals surface area contributed by atoms with Crippen LogP contribution in [0, 0.1) is 5.82 Å². The van der Waals surface area contributed by atoms with Crippen LogP contribution in [0.1, 0.15) is 12.5 Å². The van der Waals surface area contributed by atoms with Crippen LogP contribution >= 0.6 is 0 Å². The van der Waals surface area contributed by atoms with Crippen molar-refractivity contribution in [2.24, 2.45) is 0 Å². The molecule has 1 aliphatic heterocycles. The maximum Gasteiger partial charge on any atom is 0.206 e. The molecule has 2 rings (SSSR count). The fourth-order valence-electron chi connectivity index (χ4n) is 1.58. The lowest BCUT2D eigenvalue weighted by Crippen LogP contribution is -2.11. The Morgan fingerprint density at radius 3 is 2.60 bits per heavy atom. The summed E-state index contributed by atoms with van der Waals surface area (Å²) in [7, 11) is -3.70. The lowest BCUT2D eigenvalue weighted by atomic mass is 10.2. The van der Waals surface area contributed by atoms with Gasteiger partial charge < -0.3 is 5.11 Å². The van der Waals surface area contributed by atoms with Gasteiger partial charge in [-0.25, -0.2) is 12.8 Å². The number of aliphatic hydroxyl groups is 1. The molecule has 1 aromatic carbocycles. The normalized spacial score (nSPS) is 19.5. The molecule has 0 aromatic heterocycles. The average Bonchev–Trinajstić information content (AvgIpc) is 2.40. The van der Waals surface area contributed by atoms with Gasteiger partial charge in [0.15, 0.2) is 0 Å². The molecule has 1 atom stereocenters. The number of hydrogen-bond acceptors (Lipinski definition) is 3. The minimum atomic E-state index is -3.70. The molecule has 5 heteroatoms. The predicted octanol–water partition coefficient (Wildman–Crippen LogP) is 1.33. The Kier molecular flexibility index (Phi) is 2.17. The maximum atomic E-state index is 13.3. The second-order valence-corrected chi connectivity index (χ2v) is 5.30. The van der Waals surface area contributed by atoms with Crippen LogP contribution in [0.4, 0.5) is 4.39 Å². The highest BCUT2D eigenvalue weighted by molar-refractivity contribution is 7.96. The molecule has 0 amide bonds. The summed E-state index contributed by atoms with van der Waals surface area (Å²) in [5, 5.41) is 9.28. The molecule has 0 radical (unpaired) electrons. The molecular formula is C10H9FO3S. The fraction of sp³-hybridized carbons (Fsp3) is 0.200. The van der Waals surface area contributed by atoms with Crippen molar-refractivity contribution in [1.29, 1.82) is 0 Å². The van der Waals surface area contributed by atoms with E-state index >= 15 is 0 Å². The predicted molar refractivity (Wildman–Crippen MR) is 53.2 cm³/mol. The molecule has 1 unspecified atom stereocenters. The largest absolute Gasteiger partial charge is 0.388 e. The van der Waals surface area contributed by atoms with Gasteiger partial charge in [-0.05, 0) is 25.1 Å². The first-order valence-electron chi connectivity index (χ1n) is 4.38. The molecule has 1 N–H and O–H groups in total. The molecule has 0 saturated carbocycles. The zero-order valence-electron chi connectivity index (χ0n) is 7.94. The van der Waals surface area contributed by atoms with Crippen LogP contribution in [-0.4, -0.2) is 19.6 Å². The summed E-state index contributed by atoms with van der Waals surface area (Å²) in [6, 6.07) is 3.86. The number of sulfone groups is 1. The highest BCUT2D eigenvalue weighted by atomic mass is 32.2. The number of hydrogen-bond donors (Lipinski definition) is 1. The molecule has 0 spiro atoms. The van der Waals surface area contributed by atoms with Gasteiger partial charge in [-0.3, -0.25) is 0 Å². The van der Waals surface area contributed by atoms with Crippen LogP contribution in [0.3, 0.4) is 0 Å². The third-order valence-electron chi connectivity index (χ3n) is 2.31. The van der Waals surface area contributed by atoms with Gasteiger partial charge in [0.05, 0.1) is 15.9 Å². The Hall–Kier alpha value is -1.20. The molecule has 0 bridgehead atoms. The van der Waals surface area contributed by atoms with E-state index in [0.717, 1.165) is 0 Å². The number of benzene rings is 1. The molecule has 0 saturated heterocycles. The smallest absolute Gasteiger partial charge is 0.206 e. The zero-order valence-corrected chi connectivity index (χ0v) is 8.75. The molecule has 1 aromatic rings. The number of rotatable bonds is 1. The SMILES string of the molecule is CC(O)C1=Cc2c(F)cccc2S1(=O)=O. The Morgan fingerprint density at radius 2 is 2.07 bits per heavy atom. The average molecular weight is 228 g/mol. The molecule has 0 aliphatic carbocycles. The van der Waals surface area contributed by atoms with Crippen molar-refractivity contribution in [2.45, 2.75) is 17.9 Å². The van der Waals surface area contributed by atoms with Crippen LogP contribution in [0.25, 0.3) is 6.08 Å². The van der Waals surface area contributed by atoms with E-state index in [1.165, 1.54) is 31.2 Å². The van der Waals surface area contributed by atoms with E-state index in [4.69, 9.17) is 0 Å². The Morgan fingerprint density at radius 1 is 1.40 bits per heavy atom. The number of aliphatic hydroxyl groups excluding tert-OH is 1. The van der Waals surface area contributed by atoms with Crippen molar-refractivity contribution in [3.63, 3.8) is 0 Å². The second-order valence-electron chi connectivity index (χ2n) is 3.38. The quantitative estimate of drug-likeness (QED) is 0.789. The van der Waals surface area contributed by atoms with E-state index in [-0.39, 0.29) is 15.4 Å². The summed E-state index contributed by atoms with van der Waals surface area (Å²) in [4.78, 5) is -0.221. The molecule has 15 heavy (non-hydrogen) atoms. The lowest BCUT2D eigenvalue weighted by molar-refractivity contribution is 0.240. The molecule has 1 aliphatic rings. The Labute approximate surface area is 86.8 Å². The van der Waals surface area contributed by atoms with E-state index in [2.05, 4.69) is 0 Å². The highest BCUT2D eigenvalue weighted by Crippen LogP contribution is 2.35. The molecule has 80 valence electrons. The van der Waals surface area contributed by atoms with Gasteiger partial charge in [-0.2, -0.15) is 0 Å². The summed E-state index contributed by atoms with van der Waals surface area (Å²) in [5.74, 6) is -0.591. The van der Waals surface area contributed by atoms with Crippen molar-refractivity contribution in [3.05, 3.63) is 34.5 Å². The molecular weight excluding hydrogens is 219 g/mol. The lowest BCUT2D eigenvalue weighted by Gasteiger charge is -2.05. The van der Waals surface area contributed by atoms with Gasteiger partial charge in [0.2, 0.25) is 9.84 Å². The van der Waals surface area contributed by atoms with E-state index in [1.807, 2.05) is 0 Å². The van der Waals surface area contributed by atoms with Crippen LogP contribution in [0.5, 0.6) is 0 Å². The van der Waals surface area contributed by atoms with E-state index in [0.29, 0.717) is 0 Å². The van der Waals surface area contributed by atoms with Crippen LogP contribution < -0.4 is 0 Å².